The SMILES string of the molecule is Nc1ccc(-c2nn[nH]n2)c[nH+]1.O=[N+]([O-])[O-]. The van der Waals surface area contributed by atoms with E-state index in [4.69, 9.17) is 21.1 Å². The van der Waals surface area contributed by atoms with Crippen LogP contribution in [0.3, 0.4) is 0 Å². The summed E-state index contributed by atoms with van der Waals surface area (Å²) in [7, 11) is 0. The van der Waals surface area contributed by atoms with E-state index < -0.39 is 5.09 Å². The highest BCUT2D eigenvalue weighted by Crippen LogP contribution is 2.09. The number of nitrogens with two attached hydrogens (primary N) is 1. The van der Waals surface area contributed by atoms with Gasteiger partial charge >= 0.3 is 0 Å². The maximum atomic E-state index is 8.25. The first-order chi connectivity index (χ1) is 7.59. The van der Waals surface area contributed by atoms with Crippen molar-refractivity contribution in [3.8, 4) is 11.4 Å². The Bertz CT molecular complexity index is 436. The van der Waals surface area contributed by atoms with Gasteiger partial charge in [0.1, 0.15) is 0 Å². The molecule has 10 heteroatoms. The second-order valence-corrected chi connectivity index (χ2v) is 2.49. The third-order valence-electron chi connectivity index (χ3n) is 1.44. The normalized spacial score (nSPS) is 9.00. The lowest BCUT2D eigenvalue weighted by atomic mass is 10.3. The van der Waals surface area contributed by atoms with Gasteiger partial charge in [-0.2, -0.15) is 5.21 Å². The Morgan fingerprint density at radius 3 is 2.56 bits per heavy atom. The molecule has 16 heavy (non-hydrogen) atoms. The highest BCUT2D eigenvalue weighted by atomic mass is 16.9. The van der Waals surface area contributed by atoms with Crippen LogP contribution in [-0.4, -0.2) is 25.7 Å². The van der Waals surface area contributed by atoms with Gasteiger partial charge in [0.2, 0.25) is 5.82 Å². The molecule has 0 aliphatic carbocycles. The van der Waals surface area contributed by atoms with Gasteiger partial charge in [-0.3, -0.25) is 5.73 Å². The van der Waals surface area contributed by atoms with Gasteiger partial charge in [0.15, 0.2) is 0 Å². The van der Waals surface area contributed by atoms with Gasteiger partial charge < -0.3 is 15.3 Å². The van der Waals surface area contributed by atoms with Gasteiger partial charge in [-0.15, -0.1) is 10.2 Å². The van der Waals surface area contributed by atoms with Gasteiger partial charge in [-0.1, -0.05) is 0 Å². The zero-order valence-electron chi connectivity index (χ0n) is 7.82. The van der Waals surface area contributed by atoms with Crippen molar-refractivity contribution >= 4 is 5.82 Å². The van der Waals surface area contributed by atoms with Crippen LogP contribution >= 0.6 is 0 Å². The molecule has 4 N–H and O–H groups in total. The van der Waals surface area contributed by atoms with Crippen molar-refractivity contribution in [3.05, 3.63) is 33.7 Å². The zero-order chi connectivity index (χ0) is 12.0. The van der Waals surface area contributed by atoms with E-state index in [0.717, 1.165) is 5.56 Å². The predicted molar refractivity (Wildman–Crippen MR) is 50.9 cm³/mol. The quantitative estimate of drug-likeness (QED) is 0.465. The summed E-state index contributed by atoms with van der Waals surface area (Å²) in [5.74, 6) is 1.15. The van der Waals surface area contributed by atoms with Crippen molar-refractivity contribution in [3.63, 3.8) is 0 Å². The molecule has 0 radical (unpaired) electrons. The number of hydrogen-bond acceptors (Lipinski definition) is 7. The van der Waals surface area contributed by atoms with Crippen LogP contribution in [0.1, 0.15) is 0 Å². The van der Waals surface area contributed by atoms with Crippen LogP contribution < -0.4 is 10.7 Å². The molecule has 84 valence electrons. The summed E-state index contributed by atoms with van der Waals surface area (Å²) in [5.41, 5.74) is 6.31. The van der Waals surface area contributed by atoms with E-state index in [0.29, 0.717) is 11.6 Å². The van der Waals surface area contributed by atoms with Crippen LogP contribution in [0, 0.1) is 15.3 Å². The van der Waals surface area contributed by atoms with Gasteiger partial charge in [-0.05, 0) is 11.3 Å². The average Bonchev–Trinajstić information content (AvgIpc) is 2.71. The molecule has 2 aromatic heterocycles. The van der Waals surface area contributed by atoms with Gasteiger partial charge in [0.05, 0.1) is 16.8 Å². The molecule has 0 aliphatic heterocycles. The van der Waals surface area contributed by atoms with E-state index in [9.17, 15) is 0 Å². The lowest BCUT2D eigenvalue weighted by molar-refractivity contribution is -0.402. The summed E-state index contributed by atoms with van der Waals surface area (Å²) in [6.45, 7) is 0. The van der Waals surface area contributed by atoms with Crippen LogP contribution in [0.15, 0.2) is 18.3 Å². The molecule has 2 heterocycles. The summed E-state index contributed by atoms with van der Waals surface area (Å²) in [5, 5.41) is 28.2. The molecule has 0 unspecified atom stereocenters. The van der Waals surface area contributed by atoms with Crippen molar-refractivity contribution in [2.75, 3.05) is 5.73 Å². The highest BCUT2D eigenvalue weighted by molar-refractivity contribution is 5.51. The van der Waals surface area contributed by atoms with Crippen molar-refractivity contribution in [2.45, 2.75) is 0 Å². The Kier molecular flexibility index (Phi) is 3.66. The number of aromatic nitrogens is 5. The fourth-order valence-electron chi connectivity index (χ4n) is 0.860. The Labute approximate surface area is 88.2 Å². The number of hydrogen-bond donors (Lipinski definition) is 2. The van der Waals surface area contributed by atoms with Crippen molar-refractivity contribution in [2.24, 2.45) is 0 Å². The van der Waals surface area contributed by atoms with E-state index in [-0.39, 0.29) is 0 Å². The predicted octanol–water partition coefficient (Wildman–Crippen LogP) is -0.976. The first kappa shape index (κ1) is 11.3. The lowest BCUT2D eigenvalue weighted by Gasteiger charge is -1.89. The molecule has 2 aromatic rings. The fraction of sp³-hybridized carbons (Fsp3) is 0. The van der Waals surface area contributed by atoms with E-state index >= 15 is 0 Å². The summed E-state index contributed by atoms with van der Waals surface area (Å²) < 4.78 is 0. The van der Waals surface area contributed by atoms with Crippen LogP contribution in [0.5, 0.6) is 0 Å². The minimum absolute atomic E-state index is 0.547. The summed E-state index contributed by atoms with van der Waals surface area (Å²) in [6.07, 6.45) is 1.72. The number of H-pyrrole nitrogens is 2. The highest BCUT2D eigenvalue weighted by Gasteiger charge is 2.03. The molecule has 0 atom stereocenters. The molecule has 0 amide bonds. The number of nitrogens with zero attached hydrogens (tertiary/aromatic N) is 4. The standard InChI is InChI=1S/C6H6N6.NO3/c7-5-2-1-4(3-8-5)6-9-11-12-10-6;2-1(3)4/h1-3H,(H2,7,8)(H,9,10,11,12);/q;-1/p+1. The monoisotopic (exact) mass is 225 g/mol. The molecule has 0 aliphatic rings. The number of nitrogen functional groups attached to an aromatic ring is 1. The Morgan fingerprint density at radius 2 is 2.12 bits per heavy atom. The first-order valence-electron chi connectivity index (χ1n) is 3.92. The van der Waals surface area contributed by atoms with Crippen molar-refractivity contribution in [1.29, 1.82) is 0 Å². The van der Waals surface area contributed by atoms with Crippen LogP contribution in [0.4, 0.5) is 5.82 Å². The number of aromatic amines is 2. The van der Waals surface area contributed by atoms with Gasteiger partial charge in [0, 0.05) is 6.07 Å². The lowest BCUT2D eigenvalue weighted by Crippen LogP contribution is -2.08. The molecule has 0 aromatic carbocycles. The molecule has 0 saturated heterocycles. The van der Waals surface area contributed by atoms with E-state index in [1.807, 2.05) is 6.07 Å². The first-order valence-corrected chi connectivity index (χ1v) is 3.92. The summed E-state index contributed by atoms with van der Waals surface area (Å²) in [6, 6.07) is 3.56. The van der Waals surface area contributed by atoms with E-state index in [2.05, 4.69) is 25.6 Å². The van der Waals surface area contributed by atoms with Crippen LogP contribution in [0.2, 0.25) is 0 Å². The van der Waals surface area contributed by atoms with Crippen molar-refractivity contribution in [1.82, 2.24) is 20.6 Å². The molecule has 0 spiro atoms. The molecule has 0 fully saturated rings. The minimum Gasteiger partial charge on any atom is -0.356 e. The molecular formula is C6H7N7O3. The van der Waals surface area contributed by atoms with Crippen LogP contribution in [-0.2, 0) is 0 Å². The third-order valence-corrected chi connectivity index (χ3v) is 1.44. The fourth-order valence-corrected chi connectivity index (χ4v) is 0.860. The van der Waals surface area contributed by atoms with E-state index in [1.165, 1.54) is 0 Å². The number of nitrogens with one attached hydrogen (secondary N) is 2. The second kappa shape index (κ2) is 5.19. The Morgan fingerprint density at radius 1 is 1.44 bits per heavy atom. The molecule has 10 nitrogen and oxygen atoms in total. The summed E-state index contributed by atoms with van der Waals surface area (Å²) >= 11 is 0. The van der Waals surface area contributed by atoms with Gasteiger partial charge in [0.25, 0.3) is 5.82 Å². The molecule has 0 saturated carbocycles. The van der Waals surface area contributed by atoms with Crippen LogP contribution in [0.25, 0.3) is 11.4 Å². The number of anilines is 1. The number of rotatable bonds is 1. The molecule has 0 bridgehead atoms. The summed E-state index contributed by atoms with van der Waals surface area (Å²) in [4.78, 5) is 11.1. The number of tetrazole rings is 1. The molecular weight excluding hydrogens is 218 g/mol. The molecule has 2 rings (SSSR count). The number of pyridine rings is 1. The Balaban J connectivity index is 0.000000280. The minimum atomic E-state index is -1.75. The van der Waals surface area contributed by atoms with Crippen molar-refractivity contribution < 1.29 is 10.1 Å². The smallest absolute Gasteiger partial charge is 0.270 e. The average molecular weight is 225 g/mol. The third kappa shape index (κ3) is 3.53. The Hall–Kier alpha value is -2.78. The topological polar surface area (TPSA) is 161 Å². The second-order valence-electron chi connectivity index (χ2n) is 2.49. The van der Waals surface area contributed by atoms with E-state index in [1.54, 1.807) is 12.3 Å². The van der Waals surface area contributed by atoms with Gasteiger partial charge in [-0.25, -0.2) is 4.98 Å². The maximum absolute atomic E-state index is 8.25. The zero-order valence-corrected chi connectivity index (χ0v) is 7.82. The maximum Gasteiger partial charge on any atom is 0.270 e. The largest absolute Gasteiger partial charge is 0.356 e.